The lowest BCUT2D eigenvalue weighted by molar-refractivity contribution is 0.133. The third-order valence-corrected chi connectivity index (χ3v) is 5.16. The third kappa shape index (κ3) is 4.09. The largest absolute Gasteiger partial charge is 0.393 e. The van der Waals surface area contributed by atoms with Crippen LogP contribution in [-0.2, 0) is 0 Å². The number of aryl methyl sites for hydroxylation is 1. The van der Waals surface area contributed by atoms with Gasteiger partial charge in [-0.15, -0.1) is 11.3 Å². The van der Waals surface area contributed by atoms with E-state index in [-0.39, 0.29) is 18.1 Å². The molecule has 1 aliphatic carbocycles. The second kappa shape index (κ2) is 7.10. The number of carbonyl (C=O) groups is 1. The normalized spacial score (nSPS) is 20.4. The van der Waals surface area contributed by atoms with E-state index in [2.05, 4.69) is 15.6 Å². The number of nitrogens with one attached hydrogen (secondary N) is 2. The zero-order valence-electron chi connectivity index (χ0n) is 13.1. The van der Waals surface area contributed by atoms with Crippen LogP contribution >= 0.6 is 11.3 Å². The molecule has 1 aromatic heterocycles. The van der Waals surface area contributed by atoms with Crippen LogP contribution in [0.2, 0.25) is 0 Å². The number of nitrogens with zero attached hydrogens (tertiary/aromatic N) is 1. The van der Waals surface area contributed by atoms with Crippen LogP contribution in [0.1, 0.15) is 25.0 Å². The zero-order valence-corrected chi connectivity index (χ0v) is 13.9. The SMILES string of the molecule is Cc1csc(-c2ccc(NC(=O)NC[C@H]3CCC[C@H]3O)cc2)n1. The number of thiazole rings is 1. The Morgan fingerprint density at radius 1 is 1.35 bits per heavy atom. The number of urea groups is 1. The Morgan fingerprint density at radius 3 is 2.74 bits per heavy atom. The molecule has 1 fully saturated rings. The zero-order chi connectivity index (χ0) is 16.2. The minimum atomic E-state index is -0.281. The molecule has 23 heavy (non-hydrogen) atoms. The molecule has 2 atom stereocenters. The van der Waals surface area contributed by atoms with Crippen LogP contribution in [-0.4, -0.2) is 28.8 Å². The van der Waals surface area contributed by atoms with E-state index in [9.17, 15) is 9.90 Å². The van der Waals surface area contributed by atoms with Crippen molar-refractivity contribution in [3.63, 3.8) is 0 Å². The Morgan fingerprint density at radius 2 is 2.13 bits per heavy atom. The van der Waals surface area contributed by atoms with E-state index in [0.29, 0.717) is 6.54 Å². The van der Waals surface area contributed by atoms with Crippen molar-refractivity contribution in [1.29, 1.82) is 0 Å². The number of benzene rings is 1. The van der Waals surface area contributed by atoms with Gasteiger partial charge in [-0.25, -0.2) is 9.78 Å². The van der Waals surface area contributed by atoms with Crippen molar-refractivity contribution in [2.45, 2.75) is 32.3 Å². The topological polar surface area (TPSA) is 74.2 Å². The van der Waals surface area contributed by atoms with Crippen LogP contribution in [0.5, 0.6) is 0 Å². The number of anilines is 1. The fourth-order valence-corrected chi connectivity index (χ4v) is 3.64. The monoisotopic (exact) mass is 331 g/mol. The summed E-state index contributed by atoms with van der Waals surface area (Å²) in [6.45, 7) is 2.49. The number of amides is 2. The Bertz CT molecular complexity index is 669. The summed E-state index contributed by atoms with van der Waals surface area (Å²) in [5.41, 5.74) is 2.80. The van der Waals surface area contributed by atoms with E-state index in [0.717, 1.165) is 41.2 Å². The maximum atomic E-state index is 11.9. The number of aliphatic hydroxyl groups is 1. The molecule has 0 aliphatic heterocycles. The predicted octanol–water partition coefficient (Wildman–Crippen LogP) is 3.40. The molecule has 1 aromatic carbocycles. The van der Waals surface area contributed by atoms with Crippen molar-refractivity contribution in [2.75, 3.05) is 11.9 Å². The summed E-state index contributed by atoms with van der Waals surface area (Å²) in [7, 11) is 0. The maximum absolute atomic E-state index is 11.9. The minimum absolute atomic E-state index is 0.177. The first-order valence-corrected chi connectivity index (χ1v) is 8.75. The van der Waals surface area contributed by atoms with Gasteiger partial charge < -0.3 is 15.7 Å². The summed E-state index contributed by atoms with van der Waals surface area (Å²) in [6, 6.07) is 7.41. The first kappa shape index (κ1) is 16.0. The number of aromatic nitrogens is 1. The smallest absolute Gasteiger partial charge is 0.319 e. The average Bonchev–Trinajstić information content (AvgIpc) is 3.15. The van der Waals surface area contributed by atoms with Gasteiger partial charge in [-0.3, -0.25) is 0 Å². The molecule has 0 spiro atoms. The third-order valence-electron chi connectivity index (χ3n) is 4.15. The molecular weight excluding hydrogens is 310 g/mol. The van der Waals surface area contributed by atoms with E-state index in [4.69, 9.17) is 0 Å². The number of carbonyl (C=O) groups excluding carboxylic acids is 1. The van der Waals surface area contributed by atoms with Crippen molar-refractivity contribution in [1.82, 2.24) is 10.3 Å². The number of rotatable bonds is 4. The molecule has 2 amide bonds. The van der Waals surface area contributed by atoms with Crippen LogP contribution in [0.25, 0.3) is 10.6 Å². The van der Waals surface area contributed by atoms with Crippen LogP contribution in [0, 0.1) is 12.8 Å². The molecule has 5 nitrogen and oxygen atoms in total. The molecule has 0 radical (unpaired) electrons. The van der Waals surface area contributed by atoms with E-state index in [1.807, 2.05) is 36.6 Å². The quantitative estimate of drug-likeness (QED) is 0.804. The first-order chi connectivity index (χ1) is 11.1. The van der Waals surface area contributed by atoms with Crippen molar-refractivity contribution in [3.8, 4) is 10.6 Å². The predicted molar refractivity (Wildman–Crippen MR) is 92.7 cm³/mol. The van der Waals surface area contributed by atoms with E-state index in [1.165, 1.54) is 0 Å². The number of hydrogen-bond donors (Lipinski definition) is 3. The van der Waals surface area contributed by atoms with Crippen molar-refractivity contribution in [3.05, 3.63) is 35.3 Å². The van der Waals surface area contributed by atoms with Gasteiger partial charge in [-0.05, 0) is 44.0 Å². The molecule has 0 bridgehead atoms. The fourth-order valence-electron chi connectivity index (χ4n) is 2.84. The maximum Gasteiger partial charge on any atom is 0.319 e. The molecule has 3 N–H and O–H groups in total. The standard InChI is InChI=1S/C17H21N3O2S/c1-11-10-23-16(19-11)12-5-7-14(8-6-12)20-17(22)18-9-13-3-2-4-15(13)21/h5-8,10,13,15,21H,2-4,9H2,1H3,(H2,18,20,22)/t13-,15-/m1/s1. The number of hydrogen-bond acceptors (Lipinski definition) is 4. The first-order valence-electron chi connectivity index (χ1n) is 7.87. The van der Waals surface area contributed by atoms with E-state index >= 15 is 0 Å². The van der Waals surface area contributed by atoms with Gasteiger partial charge in [0.2, 0.25) is 0 Å². The Kier molecular flexibility index (Phi) is 4.93. The molecule has 0 saturated heterocycles. The summed E-state index contributed by atoms with van der Waals surface area (Å²) in [4.78, 5) is 16.4. The molecule has 0 unspecified atom stereocenters. The van der Waals surface area contributed by atoms with Gasteiger partial charge in [0.1, 0.15) is 5.01 Å². The Balaban J connectivity index is 1.52. The van der Waals surface area contributed by atoms with Gasteiger partial charge in [-0.1, -0.05) is 6.42 Å². The average molecular weight is 331 g/mol. The summed E-state index contributed by atoms with van der Waals surface area (Å²) in [6.07, 6.45) is 2.57. The second-order valence-corrected chi connectivity index (χ2v) is 6.82. The van der Waals surface area contributed by atoms with Crippen LogP contribution < -0.4 is 10.6 Å². The van der Waals surface area contributed by atoms with Crippen LogP contribution in [0.3, 0.4) is 0 Å². The number of aliphatic hydroxyl groups excluding tert-OH is 1. The van der Waals surface area contributed by atoms with Gasteiger partial charge in [0.15, 0.2) is 0 Å². The van der Waals surface area contributed by atoms with E-state index < -0.39 is 0 Å². The highest BCUT2D eigenvalue weighted by Crippen LogP contribution is 2.25. The highest BCUT2D eigenvalue weighted by molar-refractivity contribution is 7.13. The Labute approximate surface area is 139 Å². The van der Waals surface area contributed by atoms with Gasteiger partial charge >= 0.3 is 6.03 Å². The summed E-state index contributed by atoms with van der Waals surface area (Å²) >= 11 is 1.61. The molecule has 6 heteroatoms. The van der Waals surface area contributed by atoms with E-state index in [1.54, 1.807) is 11.3 Å². The van der Waals surface area contributed by atoms with Gasteiger partial charge in [0.25, 0.3) is 0 Å². The van der Waals surface area contributed by atoms with Gasteiger partial charge in [0, 0.05) is 34.8 Å². The lowest BCUT2D eigenvalue weighted by Crippen LogP contribution is -2.35. The molecule has 1 aliphatic rings. The van der Waals surface area contributed by atoms with Gasteiger partial charge in [0.05, 0.1) is 6.10 Å². The van der Waals surface area contributed by atoms with Crippen LogP contribution in [0.4, 0.5) is 10.5 Å². The molecular formula is C17H21N3O2S. The van der Waals surface area contributed by atoms with Crippen molar-refractivity contribution in [2.24, 2.45) is 5.92 Å². The van der Waals surface area contributed by atoms with Crippen molar-refractivity contribution >= 4 is 23.1 Å². The summed E-state index contributed by atoms with van der Waals surface area (Å²) in [5, 5.41) is 18.4. The molecule has 1 heterocycles. The second-order valence-electron chi connectivity index (χ2n) is 5.96. The van der Waals surface area contributed by atoms with Crippen molar-refractivity contribution < 1.29 is 9.90 Å². The lowest BCUT2D eigenvalue weighted by atomic mass is 10.1. The molecule has 2 aromatic rings. The molecule has 122 valence electrons. The summed E-state index contributed by atoms with van der Waals surface area (Å²) in [5.74, 6) is 0.177. The molecule has 3 rings (SSSR count). The summed E-state index contributed by atoms with van der Waals surface area (Å²) < 4.78 is 0. The minimum Gasteiger partial charge on any atom is -0.393 e. The fraction of sp³-hybridized carbons (Fsp3) is 0.412. The highest BCUT2D eigenvalue weighted by Gasteiger charge is 2.25. The Hall–Kier alpha value is -1.92. The highest BCUT2D eigenvalue weighted by atomic mass is 32.1. The molecule has 1 saturated carbocycles. The van der Waals surface area contributed by atoms with Gasteiger partial charge in [-0.2, -0.15) is 0 Å². The van der Waals surface area contributed by atoms with Crippen LogP contribution in [0.15, 0.2) is 29.6 Å². The lowest BCUT2D eigenvalue weighted by Gasteiger charge is -2.15.